The summed E-state index contributed by atoms with van der Waals surface area (Å²) >= 11 is 8.86. The number of hydrogen-bond acceptors (Lipinski definition) is 5. The molecule has 0 amide bonds. The van der Waals surface area contributed by atoms with Crippen molar-refractivity contribution in [3.63, 3.8) is 0 Å². The predicted molar refractivity (Wildman–Crippen MR) is 246 cm³/mol. The third-order valence-electron chi connectivity index (χ3n) is 11.0. The number of thioether (sulfide) groups is 4. The van der Waals surface area contributed by atoms with Crippen molar-refractivity contribution in [2.75, 3.05) is 46.0 Å². The van der Waals surface area contributed by atoms with Crippen LogP contribution < -0.4 is 0 Å². The van der Waals surface area contributed by atoms with Crippen molar-refractivity contribution in [3.05, 3.63) is 11.6 Å². The van der Waals surface area contributed by atoms with Crippen LogP contribution in [-0.2, 0) is 0 Å². The zero-order chi connectivity index (χ0) is 37.5. The molecule has 1 aliphatic rings. The largest absolute Gasteiger partial charge is 0.388 e. The first kappa shape index (κ1) is 50.1. The quantitative estimate of drug-likeness (QED) is 0.0503. The molecule has 1 atom stereocenters. The van der Waals surface area contributed by atoms with E-state index in [4.69, 9.17) is 0 Å². The van der Waals surface area contributed by atoms with E-state index in [0.717, 1.165) is 11.5 Å². The smallest absolute Gasteiger partial charge is 0.0827 e. The zero-order valence-corrected chi connectivity index (χ0v) is 38.8. The number of allylic oxidation sites excluding steroid dienone is 1. The first-order chi connectivity index (χ1) is 24.7. The molecule has 0 aromatic rings. The van der Waals surface area contributed by atoms with E-state index < -0.39 is 0 Å². The second-order valence-electron chi connectivity index (χ2n) is 17.4. The maximum Gasteiger partial charge on any atom is 0.0827 e. The van der Waals surface area contributed by atoms with Gasteiger partial charge in [0, 0.05) is 33.8 Å². The van der Waals surface area contributed by atoms with Crippen LogP contribution in [0.3, 0.4) is 0 Å². The summed E-state index contributed by atoms with van der Waals surface area (Å²) < 4.78 is 0. The molecule has 0 aromatic carbocycles. The fourth-order valence-electron chi connectivity index (χ4n) is 7.78. The summed E-state index contributed by atoms with van der Waals surface area (Å²) in [5, 5.41) is 12.6. The molecular formula is C46H90OS4. The Kier molecular flexibility index (Phi) is 31.7. The highest BCUT2D eigenvalue weighted by atomic mass is 32.2. The molecular weight excluding hydrogens is 697 g/mol. The van der Waals surface area contributed by atoms with Crippen LogP contribution in [0.5, 0.6) is 0 Å². The molecule has 0 saturated heterocycles. The van der Waals surface area contributed by atoms with Crippen LogP contribution in [0.15, 0.2) is 11.6 Å². The minimum atomic E-state index is -0.327. The van der Waals surface area contributed by atoms with Crippen molar-refractivity contribution in [1.82, 2.24) is 0 Å². The molecule has 1 rings (SSSR count). The number of aliphatic hydroxyl groups is 1. The van der Waals surface area contributed by atoms with Crippen molar-refractivity contribution in [3.8, 4) is 0 Å². The summed E-state index contributed by atoms with van der Waals surface area (Å²) in [7, 11) is 0. The third-order valence-corrected chi connectivity index (χ3v) is 16.5. The Morgan fingerprint density at radius 3 is 1.10 bits per heavy atom. The van der Waals surface area contributed by atoms with E-state index in [1.54, 1.807) is 0 Å². The second-order valence-corrected chi connectivity index (χ2v) is 21.9. The summed E-state index contributed by atoms with van der Waals surface area (Å²) in [6.07, 6.45) is 36.5. The Hall–Kier alpha value is 1.10. The Morgan fingerprint density at radius 1 is 0.490 bits per heavy atom. The molecule has 0 saturated carbocycles. The van der Waals surface area contributed by atoms with E-state index in [1.165, 1.54) is 201 Å². The van der Waals surface area contributed by atoms with Crippen LogP contribution in [0.2, 0.25) is 0 Å². The molecule has 1 unspecified atom stereocenters. The van der Waals surface area contributed by atoms with E-state index in [1.807, 2.05) is 0 Å². The Bertz CT molecular complexity index is 766. The van der Waals surface area contributed by atoms with Crippen molar-refractivity contribution in [2.45, 2.75) is 215 Å². The van der Waals surface area contributed by atoms with Crippen LogP contribution in [-0.4, -0.2) is 57.2 Å². The lowest BCUT2D eigenvalue weighted by molar-refractivity contribution is 0.0329. The highest BCUT2D eigenvalue weighted by Gasteiger charge is 2.51. The lowest BCUT2D eigenvalue weighted by Gasteiger charge is -2.52. The summed E-state index contributed by atoms with van der Waals surface area (Å²) in [5.74, 6) is 9.78. The molecule has 0 aliphatic heterocycles. The molecule has 0 aromatic heterocycles. The molecule has 0 radical (unpaired) electrons. The van der Waals surface area contributed by atoms with Gasteiger partial charge in [0.05, 0.1) is 6.10 Å². The number of unbranched alkanes of at least 4 members (excludes halogenated alkanes) is 20. The van der Waals surface area contributed by atoms with Gasteiger partial charge in [-0.1, -0.05) is 183 Å². The molecule has 1 N–H and O–H groups in total. The van der Waals surface area contributed by atoms with E-state index in [9.17, 15) is 5.11 Å². The molecule has 5 heteroatoms. The number of hydrogen-bond donors (Lipinski definition) is 1. The van der Waals surface area contributed by atoms with Gasteiger partial charge < -0.3 is 5.11 Å². The van der Waals surface area contributed by atoms with Gasteiger partial charge in [-0.05, 0) is 66.1 Å². The fraction of sp³-hybridized carbons (Fsp3) is 0.957. The minimum Gasteiger partial charge on any atom is -0.388 e. The van der Waals surface area contributed by atoms with Crippen molar-refractivity contribution in [2.24, 2.45) is 16.2 Å². The van der Waals surface area contributed by atoms with Gasteiger partial charge in [0.1, 0.15) is 0 Å². The van der Waals surface area contributed by atoms with Crippen LogP contribution in [0.1, 0.15) is 209 Å². The molecule has 0 bridgehead atoms. The normalized spacial score (nSPS) is 17.3. The second kappa shape index (κ2) is 32.2. The number of rotatable bonds is 36. The molecule has 0 fully saturated rings. The fourth-order valence-corrected chi connectivity index (χ4v) is 13.2. The summed E-state index contributed by atoms with van der Waals surface area (Å²) in [6.45, 7) is 16.4. The van der Waals surface area contributed by atoms with Gasteiger partial charge in [0.15, 0.2) is 0 Å². The van der Waals surface area contributed by atoms with E-state index >= 15 is 0 Å². The van der Waals surface area contributed by atoms with E-state index in [2.05, 4.69) is 102 Å². The summed E-state index contributed by atoms with van der Waals surface area (Å²) in [5.41, 5.74) is 1.47. The van der Waals surface area contributed by atoms with Crippen molar-refractivity contribution >= 4 is 47.0 Å². The summed E-state index contributed by atoms with van der Waals surface area (Å²) in [4.78, 5) is 0. The third kappa shape index (κ3) is 23.7. The molecule has 304 valence electrons. The lowest BCUT2D eigenvalue weighted by Crippen LogP contribution is -2.52. The Balaban J connectivity index is 3.19. The monoisotopic (exact) mass is 787 g/mol. The standard InChI is InChI=1S/C46H90OS4/c1-8-12-16-20-24-28-32-48-38-45(39-49-33-29-25-21-17-13-9-2)36-42(44(5,6)7)43(47)46(37-45,40-50-34-30-26-22-18-14-10-3)41-51-35-31-27-23-19-15-11-4/h36,43,47H,8-35,37-41H2,1-7H3. The first-order valence-electron chi connectivity index (χ1n) is 22.4. The van der Waals surface area contributed by atoms with Gasteiger partial charge in [-0.2, -0.15) is 47.0 Å². The van der Waals surface area contributed by atoms with Crippen molar-refractivity contribution in [1.29, 1.82) is 0 Å². The van der Waals surface area contributed by atoms with Crippen LogP contribution in [0.4, 0.5) is 0 Å². The molecule has 1 nitrogen and oxygen atoms in total. The van der Waals surface area contributed by atoms with Gasteiger partial charge in [-0.3, -0.25) is 0 Å². The maximum absolute atomic E-state index is 12.6. The Labute approximate surface area is 339 Å². The molecule has 1 aliphatic carbocycles. The maximum atomic E-state index is 12.6. The van der Waals surface area contributed by atoms with E-state index in [0.29, 0.717) is 0 Å². The topological polar surface area (TPSA) is 20.2 Å². The first-order valence-corrected chi connectivity index (χ1v) is 27.0. The average Bonchev–Trinajstić information content (AvgIpc) is 3.10. The van der Waals surface area contributed by atoms with Crippen LogP contribution >= 0.6 is 47.0 Å². The average molecular weight is 787 g/mol. The highest BCUT2D eigenvalue weighted by Crippen LogP contribution is 2.54. The highest BCUT2D eigenvalue weighted by molar-refractivity contribution is 8.00. The molecule has 51 heavy (non-hydrogen) atoms. The molecule has 0 heterocycles. The minimum absolute atomic E-state index is 0.0158. The van der Waals surface area contributed by atoms with E-state index in [-0.39, 0.29) is 22.3 Å². The Morgan fingerprint density at radius 2 is 0.784 bits per heavy atom. The predicted octanol–water partition coefficient (Wildman–Crippen LogP) is 16.1. The number of aliphatic hydroxyl groups excluding tert-OH is 1. The van der Waals surface area contributed by atoms with Gasteiger partial charge in [-0.15, -0.1) is 0 Å². The van der Waals surface area contributed by atoms with Gasteiger partial charge in [0.2, 0.25) is 0 Å². The zero-order valence-electron chi connectivity index (χ0n) is 35.6. The molecule has 0 spiro atoms. The van der Waals surface area contributed by atoms with Gasteiger partial charge in [0.25, 0.3) is 0 Å². The SMILES string of the molecule is CCCCCCCCSCC1(CSCCCCCCCC)C=C(C(C)(C)C)C(O)C(CSCCCCCCCC)(CSCCCCCCCC)C1. The van der Waals surface area contributed by atoms with Crippen molar-refractivity contribution < 1.29 is 5.11 Å². The van der Waals surface area contributed by atoms with Gasteiger partial charge >= 0.3 is 0 Å². The van der Waals surface area contributed by atoms with Gasteiger partial charge in [-0.25, -0.2) is 0 Å². The van der Waals surface area contributed by atoms with Crippen LogP contribution in [0, 0.1) is 16.2 Å². The van der Waals surface area contributed by atoms with Crippen LogP contribution in [0.25, 0.3) is 0 Å². The lowest BCUT2D eigenvalue weighted by atomic mass is 9.60. The summed E-state index contributed by atoms with van der Waals surface area (Å²) in [6, 6.07) is 0.